The van der Waals surface area contributed by atoms with E-state index in [0.717, 1.165) is 41.9 Å². The van der Waals surface area contributed by atoms with Gasteiger partial charge < -0.3 is 16.4 Å². The van der Waals surface area contributed by atoms with Crippen molar-refractivity contribution in [1.82, 2.24) is 10.3 Å². The van der Waals surface area contributed by atoms with Crippen molar-refractivity contribution in [2.24, 2.45) is 11.7 Å². The molecule has 8 heteroatoms. The zero-order valence-electron chi connectivity index (χ0n) is 15.1. The molecule has 1 heterocycles. The van der Waals surface area contributed by atoms with Crippen LogP contribution in [0.15, 0.2) is 29.6 Å². The molecule has 0 spiro atoms. The lowest BCUT2D eigenvalue weighted by molar-refractivity contribution is -0.119. The van der Waals surface area contributed by atoms with E-state index in [1.54, 1.807) is 5.38 Å². The molecule has 0 bridgehead atoms. The summed E-state index contributed by atoms with van der Waals surface area (Å²) >= 11 is 1.45. The number of aromatic nitrogens is 1. The first kappa shape index (κ1) is 21.3. The van der Waals surface area contributed by atoms with Crippen LogP contribution in [0.3, 0.4) is 0 Å². The first-order valence-electron chi connectivity index (χ1n) is 8.98. The van der Waals surface area contributed by atoms with Crippen molar-refractivity contribution < 1.29 is 9.59 Å². The molecule has 2 aromatic rings. The number of anilines is 1. The number of nitrogens with one attached hydrogen (secondary N) is 2. The minimum absolute atomic E-state index is 0. The number of rotatable bonds is 7. The van der Waals surface area contributed by atoms with Gasteiger partial charge in [-0.3, -0.25) is 9.59 Å². The molecule has 1 aromatic carbocycles. The molecule has 1 aliphatic carbocycles. The lowest BCUT2D eigenvalue weighted by atomic mass is 10.1. The van der Waals surface area contributed by atoms with Crippen molar-refractivity contribution in [2.45, 2.75) is 38.6 Å². The Balaban J connectivity index is 0.00000261. The second-order valence-electron chi connectivity index (χ2n) is 6.52. The third-order valence-corrected chi connectivity index (χ3v) is 5.42. The van der Waals surface area contributed by atoms with Crippen molar-refractivity contribution in [3.05, 3.63) is 45.9 Å². The van der Waals surface area contributed by atoms with Gasteiger partial charge in [-0.2, -0.15) is 0 Å². The van der Waals surface area contributed by atoms with E-state index < -0.39 is 0 Å². The first-order valence-corrected chi connectivity index (χ1v) is 9.86. The van der Waals surface area contributed by atoms with Gasteiger partial charge in [-0.15, -0.1) is 23.7 Å². The molecule has 27 heavy (non-hydrogen) atoms. The third kappa shape index (κ3) is 6.02. The quantitative estimate of drug-likeness (QED) is 0.655. The number of amides is 2. The minimum atomic E-state index is -0.204. The molecule has 1 fully saturated rings. The van der Waals surface area contributed by atoms with Crippen molar-refractivity contribution >= 4 is 41.2 Å². The van der Waals surface area contributed by atoms with Gasteiger partial charge in [0.05, 0.1) is 5.01 Å². The van der Waals surface area contributed by atoms with E-state index in [1.807, 2.05) is 24.3 Å². The fraction of sp³-hybridized carbons (Fsp3) is 0.421. The lowest BCUT2D eigenvalue weighted by Gasteiger charge is -2.11. The third-order valence-electron chi connectivity index (χ3n) is 4.52. The number of carbonyl (C=O) groups is 2. The van der Waals surface area contributed by atoms with Crippen LogP contribution in [0.1, 0.15) is 46.7 Å². The molecule has 2 amide bonds. The van der Waals surface area contributed by atoms with Crippen LogP contribution in [-0.2, 0) is 17.8 Å². The van der Waals surface area contributed by atoms with Gasteiger partial charge in [-0.05, 0) is 37.1 Å². The topological polar surface area (TPSA) is 97.1 Å². The zero-order chi connectivity index (χ0) is 18.4. The van der Waals surface area contributed by atoms with Crippen LogP contribution in [-0.4, -0.2) is 23.3 Å². The normalized spacial score (nSPS) is 13.8. The van der Waals surface area contributed by atoms with E-state index >= 15 is 0 Å². The van der Waals surface area contributed by atoms with E-state index in [9.17, 15) is 9.59 Å². The standard InChI is InChI=1S/C19H24N4O2S.ClH/c20-9-8-17-23-16(12-26-17)19(25)21-11-13-4-3-7-15(10-13)22-18(24)14-5-1-2-6-14;/h3-4,7,10,12,14H,1-2,5-6,8-9,11,20H2,(H,21,25)(H,22,24);1H. The summed E-state index contributed by atoms with van der Waals surface area (Å²) in [6.07, 6.45) is 4.89. The maximum atomic E-state index is 12.2. The number of thiazole rings is 1. The summed E-state index contributed by atoms with van der Waals surface area (Å²) in [5.74, 6) is 0.0225. The van der Waals surface area contributed by atoms with E-state index in [4.69, 9.17) is 5.73 Å². The van der Waals surface area contributed by atoms with Crippen molar-refractivity contribution in [3.8, 4) is 0 Å². The molecule has 146 valence electrons. The Morgan fingerprint density at radius 1 is 1.26 bits per heavy atom. The summed E-state index contributed by atoms with van der Waals surface area (Å²) in [4.78, 5) is 28.7. The molecular weight excluding hydrogens is 384 g/mol. The molecule has 0 aliphatic heterocycles. The molecule has 1 saturated carbocycles. The lowest BCUT2D eigenvalue weighted by Crippen LogP contribution is -2.23. The number of nitrogens with two attached hydrogens (primary N) is 1. The van der Waals surface area contributed by atoms with E-state index in [2.05, 4.69) is 15.6 Å². The van der Waals surface area contributed by atoms with Crippen molar-refractivity contribution in [1.29, 1.82) is 0 Å². The summed E-state index contributed by atoms with van der Waals surface area (Å²) in [5.41, 5.74) is 7.63. The Bertz CT molecular complexity index is 775. The van der Waals surface area contributed by atoms with Crippen molar-refractivity contribution in [2.75, 3.05) is 11.9 Å². The minimum Gasteiger partial charge on any atom is -0.347 e. The molecule has 0 saturated heterocycles. The summed E-state index contributed by atoms with van der Waals surface area (Å²) in [6, 6.07) is 7.58. The Labute approximate surface area is 169 Å². The average Bonchev–Trinajstić information content (AvgIpc) is 3.32. The highest BCUT2D eigenvalue weighted by atomic mass is 35.5. The molecular formula is C19H25ClN4O2S. The Morgan fingerprint density at radius 2 is 2.04 bits per heavy atom. The number of hydrogen-bond donors (Lipinski definition) is 3. The number of hydrogen-bond acceptors (Lipinski definition) is 5. The Kier molecular flexibility index (Phi) is 8.22. The highest BCUT2D eigenvalue weighted by Gasteiger charge is 2.22. The smallest absolute Gasteiger partial charge is 0.271 e. The summed E-state index contributed by atoms with van der Waals surface area (Å²) in [5, 5.41) is 8.47. The largest absolute Gasteiger partial charge is 0.347 e. The van der Waals surface area contributed by atoms with Crippen LogP contribution in [0.5, 0.6) is 0 Å². The molecule has 0 radical (unpaired) electrons. The van der Waals surface area contributed by atoms with Crippen LogP contribution in [0.25, 0.3) is 0 Å². The van der Waals surface area contributed by atoms with Gasteiger partial charge in [0.1, 0.15) is 5.69 Å². The van der Waals surface area contributed by atoms with Gasteiger partial charge in [0.15, 0.2) is 0 Å². The maximum Gasteiger partial charge on any atom is 0.271 e. The highest BCUT2D eigenvalue weighted by Crippen LogP contribution is 2.26. The zero-order valence-corrected chi connectivity index (χ0v) is 16.7. The average molecular weight is 409 g/mol. The van der Waals surface area contributed by atoms with Gasteiger partial charge in [0.25, 0.3) is 5.91 Å². The molecule has 0 atom stereocenters. The highest BCUT2D eigenvalue weighted by molar-refractivity contribution is 7.09. The summed E-state index contributed by atoms with van der Waals surface area (Å²) < 4.78 is 0. The Morgan fingerprint density at radius 3 is 2.78 bits per heavy atom. The number of carbonyl (C=O) groups excluding carboxylic acids is 2. The van der Waals surface area contributed by atoms with Crippen LogP contribution in [0, 0.1) is 5.92 Å². The number of benzene rings is 1. The predicted molar refractivity (Wildman–Crippen MR) is 110 cm³/mol. The van der Waals surface area contributed by atoms with Crippen LogP contribution in [0.4, 0.5) is 5.69 Å². The summed E-state index contributed by atoms with van der Waals surface area (Å²) in [7, 11) is 0. The molecule has 6 nitrogen and oxygen atoms in total. The van der Waals surface area contributed by atoms with E-state index in [-0.39, 0.29) is 30.1 Å². The van der Waals surface area contributed by atoms with E-state index in [0.29, 0.717) is 25.2 Å². The van der Waals surface area contributed by atoms with Crippen LogP contribution >= 0.6 is 23.7 Å². The van der Waals surface area contributed by atoms with Crippen LogP contribution in [0.2, 0.25) is 0 Å². The second-order valence-corrected chi connectivity index (χ2v) is 7.46. The second kappa shape index (κ2) is 10.4. The number of halogens is 1. The Hall–Kier alpha value is -1.96. The SMILES string of the molecule is Cl.NCCc1nc(C(=O)NCc2cccc(NC(=O)C3CCCC3)c2)cs1. The fourth-order valence-electron chi connectivity index (χ4n) is 3.12. The predicted octanol–water partition coefficient (Wildman–Crippen LogP) is 3.12. The molecule has 4 N–H and O–H groups in total. The van der Waals surface area contributed by atoms with Gasteiger partial charge in [-0.25, -0.2) is 4.98 Å². The van der Waals surface area contributed by atoms with Crippen LogP contribution < -0.4 is 16.4 Å². The molecule has 0 unspecified atom stereocenters. The summed E-state index contributed by atoms with van der Waals surface area (Å²) in [6.45, 7) is 0.906. The fourth-order valence-corrected chi connectivity index (χ4v) is 3.91. The monoisotopic (exact) mass is 408 g/mol. The van der Waals surface area contributed by atoms with Gasteiger partial charge in [-0.1, -0.05) is 25.0 Å². The van der Waals surface area contributed by atoms with Gasteiger partial charge >= 0.3 is 0 Å². The van der Waals surface area contributed by atoms with E-state index in [1.165, 1.54) is 11.3 Å². The van der Waals surface area contributed by atoms with Gasteiger partial charge in [0.2, 0.25) is 5.91 Å². The van der Waals surface area contributed by atoms with Crippen molar-refractivity contribution in [3.63, 3.8) is 0 Å². The van der Waals surface area contributed by atoms with Gasteiger partial charge in [0, 0.05) is 30.0 Å². The molecule has 3 rings (SSSR count). The number of nitrogens with zero attached hydrogens (tertiary/aromatic N) is 1. The first-order chi connectivity index (χ1) is 12.7. The maximum absolute atomic E-state index is 12.2. The molecule has 1 aromatic heterocycles. The molecule has 1 aliphatic rings.